The number of rotatable bonds is 3. The monoisotopic (exact) mass is 278 g/mol. The molecule has 0 radical (unpaired) electrons. The Morgan fingerprint density at radius 2 is 2.30 bits per heavy atom. The van der Waals surface area contributed by atoms with E-state index in [1.807, 2.05) is 32.0 Å². The molecule has 0 saturated carbocycles. The molecule has 0 spiro atoms. The Kier molecular flexibility index (Phi) is 4.62. The summed E-state index contributed by atoms with van der Waals surface area (Å²) in [5.74, 6) is -0.202. The fraction of sp³-hybridized carbons (Fsp3) is 0.533. The number of hydrogen-bond donors (Lipinski definition) is 2. The van der Waals surface area contributed by atoms with Gasteiger partial charge in [-0.1, -0.05) is 12.1 Å². The highest BCUT2D eigenvalue weighted by molar-refractivity contribution is 5.83. The molecule has 1 aromatic rings. The van der Waals surface area contributed by atoms with Crippen LogP contribution in [0.15, 0.2) is 24.3 Å². The van der Waals surface area contributed by atoms with E-state index in [4.69, 9.17) is 10.5 Å². The molecule has 20 heavy (non-hydrogen) atoms. The van der Waals surface area contributed by atoms with Gasteiger partial charge in [-0.25, -0.2) is 0 Å². The number of nitrogens with two attached hydrogens (primary N) is 1. The molecule has 1 aromatic carbocycles. The van der Waals surface area contributed by atoms with Gasteiger partial charge in [-0.05, 0) is 31.5 Å². The molecule has 1 saturated heterocycles. The predicted molar refractivity (Wildman–Crippen MR) is 77.3 cm³/mol. The highest BCUT2D eigenvalue weighted by Gasteiger charge is 2.30. The minimum atomic E-state index is -0.296. The van der Waals surface area contributed by atoms with Crippen LogP contribution in [0.3, 0.4) is 0 Å². The van der Waals surface area contributed by atoms with Crippen molar-refractivity contribution >= 4 is 11.6 Å². The molecule has 1 heterocycles. The number of anilines is 1. The molecule has 1 amide bonds. The van der Waals surface area contributed by atoms with Crippen molar-refractivity contribution in [3.8, 4) is 0 Å². The number of carbonyl (C=O) groups excluding carboxylic acids is 1. The van der Waals surface area contributed by atoms with Crippen LogP contribution in [-0.4, -0.2) is 47.8 Å². The van der Waals surface area contributed by atoms with E-state index in [0.29, 0.717) is 18.8 Å². The van der Waals surface area contributed by atoms with E-state index in [0.717, 1.165) is 5.56 Å². The lowest BCUT2D eigenvalue weighted by Crippen LogP contribution is -2.51. The molecule has 0 aliphatic carbocycles. The Morgan fingerprint density at radius 3 is 2.95 bits per heavy atom. The van der Waals surface area contributed by atoms with Crippen LogP contribution in [0.2, 0.25) is 0 Å². The quantitative estimate of drug-likeness (QED) is 0.808. The fourth-order valence-corrected chi connectivity index (χ4v) is 2.57. The SMILES string of the molecule is CC1CN(C(=O)C(C)c2cccc(N)c2)CC(CO)O1. The van der Waals surface area contributed by atoms with Crippen LogP contribution in [0.1, 0.15) is 25.3 Å². The molecule has 0 aromatic heterocycles. The normalized spacial score (nSPS) is 24.4. The molecule has 2 rings (SSSR count). The number of nitrogens with zero attached hydrogens (tertiary/aromatic N) is 1. The third kappa shape index (κ3) is 3.29. The number of aliphatic hydroxyl groups is 1. The van der Waals surface area contributed by atoms with Crippen LogP contribution >= 0.6 is 0 Å². The average molecular weight is 278 g/mol. The zero-order valence-electron chi connectivity index (χ0n) is 12.0. The van der Waals surface area contributed by atoms with E-state index in [2.05, 4.69) is 0 Å². The largest absolute Gasteiger partial charge is 0.399 e. The minimum Gasteiger partial charge on any atom is -0.399 e. The summed E-state index contributed by atoms with van der Waals surface area (Å²) in [6, 6.07) is 7.40. The van der Waals surface area contributed by atoms with Crippen molar-refractivity contribution in [3.05, 3.63) is 29.8 Å². The van der Waals surface area contributed by atoms with Gasteiger partial charge in [-0.2, -0.15) is 0 Å². The zero-order chi connectivity index (χ0) is 14.7. The molecule has 3 atom stereocenters. The molecule has 110 valence electrons. The van der Waals surface area contributed by atoms with E-state index in [9.17, 15) is 9.90 Å². The predicted octanol–water partition coefficient (Wildman–Crippen LogP) is 0.981. The summed E-state index contributed by atoms with van der Waals surface area (Å²) >= 11 is 0. The Hall–Kier alpha value is -1.59. The molecule has 1 aliphatic rings. The lowest BCUT2D eigenvalue weighted by atomic mass is 9.98. The molecule has 3 N–H and O–H groups in total. The first-order chi connectivity index (χ1) is 9.51. The first-order valence-corrected chi connectivity index (χ1v) is 6.91. The van der Waals surface area contributed by atoms with Gasteiger partial charge in [0.05, 0.1) is 24.7 Å². The maximum Gasteiger partial charge on any atom is 0.230 e. The highest BCUT2D eigenvalue weighted by Crippen LogP contribution is 2.22. The van der Waals surface area contributed by atoms with Gasteiger partial charge in [0.15, 0.2) is 0 Å². The molecule has 5 heteroatoms. The molecule has 1 fully saturated rings. The van der Waals surface area contributed by atoms with E-state index < -0.39 is 0 Å². The molecule has 1 aliphatic heterocycles. The highest BCUT2D eigenvalue weighted by atomic mass is 16.5. The molecule has 3 unspecified atom stereocenters. The van der Waals surface area contributed by atoms with Crippen LogP contribution in [0.5, 0.6) is 0 Å². The topological polar surface area (TPSA) is 75.8 Å². The van der Waals surface area contributed by atoms with Gasteiger partial charge >= 0.3 is 0 Å². The second-order valence-corrected chi connectivity index (χ2v) is 5.39. The number of morpholine rings is 1. The van der Waals surface area contributed by atoms with Crippen LogP contribution < -0.4 is 5.73 Å². The van der Waals surface area contributed by atoms with Crippen LogP contribution in [0.25, 0.3) is 0 Å². The second kappa shape index (κ2) is 6.24. The average Bonchev–Trinajstić information content (AvgIpc) is 2.45. The Morgan fingerprint density at radius 1 is 1.55 bits per heavy atom. The van der Waals surface area contributed by atoms with Crippen LogP contribution in [0, 0.1) is 0 Å². The van der Waals surface area contributed by atoms with Gasteiger partial charge in [-0.3, -0.25) is 4.79 Å². The Balaban J connectivity index is 2.10. The Labute approximate surface area is 119 Å². The number of nitrogen functional groups attached to an aromatic ring is 1. The smallest absolute Gasteiger partial charge is 0.230 e. The van der Waals surface area contributed by atoms with E-state index >= 15 is 0 Å². The molecular weight excluding hydrogens is 256 g/mol. The fourth-order valence-electron chi connectivity index (χ4n) is 2.57. The molecular formula is C15H22N2O3. The van der Waals surface area contributed by atoms with Crippen molar-refractivity contribution in [1.82, 2.24) is 4.90 Å². The summed E-state index contributed by atoms with van der Waals surface area (Å²) in [6.45, 7) is 4.72. The summed E-state index contributed by atoms with van der Waals surface area (Å²) in [5.41, 5.74) is 7.33. The minimum absolute atomic E-state index is 0.0456. The van der Waals surface area contributed by atoms with Gasteiger partial charge in [0.1, 0.15) is 0 Å². The lowest BCUT2D eigenvalue weighted by molar-refractivity contribution is -0.148. The van der Waals surface area contributed by atoms with Gasteiger partial charge < -0.3 is 20.5 Å². The number of amides is 1. The summed E-state index contributed by atoms with van der Waals surface area (Å²) in [5, 5.41) is 9.22. The first kappa shape index (κ1) is 14.8. The number of carbonyl (C=O) groups is 1. The third-order valence-electron chi connectivity index (χ3n) is 3.62. The number of hydrogen-bond acceptors (Lipinski definition) is 4. The van der Waals surface area contributed by atoms with Gasteiger partial charge in [-0.15, -0.1) is 0 Å². The summed E-state index contributed by atoms with van der Waals surface area (Å²) in [4.78, 5) is 14.3. The van der Waals surface area contributed by atoms with Crippen molar-refractivity contribution in [1.29, 1.82) is 0 Å². The maximum atomic E-state index is 12.6. The standard InChI is InChI=1S/C15H22N2O3/c1-10-7-17(8-14(9-18)20-10)15(19)11(2)12-4-3-5-13(16)6-12/h3-6,10-11,14,18H,7-9,16H2,1-2H3. The van der Waals surface area contributed by atoms with Gasteiger partial charge in [0.2, 0.25) is 5.91 Å². The van der Waals surface area contributed by atoms with Crippen molar-refractivity contribution in [3.63, 3.8) is 0 Å². The summed E-state index contributed by atoms with van der Waals surface area (Å²) in [7, 11) is 0. The zero-order valence-corrected chi connectivity index (χ0v) is 12.0. The third-order valence-corrected chi connectivity index (χ3v) is 3.62. The van der Waals surface area contributed by atoms with Gasteiger partial charge in [0, 0.05) is 18.8 Å². The van der Waals surface area contributed by atoms with Crippen molar-refractivity contribution < 1.29 is 14.6 Å². The Bertz CT molecular complexity index is 478. The van der Waals surface area contributed by atoms with Crippen LogP contribution in [0.4, 0.5) is 5.69 Å². The number of ether oxygens (including phenoxy) is 1. The van der Waals surface area contributed by atoms with Crippen LogP contribution in [-0.2, 0) is 9.53 Å². The van der Waals surface area contributed by atoms with E-state index in [1.165, 1.54) is 0 Å². The van der Waals surface area contributed by atoms with Crippen molar-refractivity contribution in [2.75, 3.05) is 25.4 Å². The second-order valence-electron chi connectivity index (χ2n) is 5.39. The lowest BCUT2D eigenvalue weighted by Gasteiger charge is -2.37. The van der Waals surface area contributed by atoms with Gasteiger partial charge in [0.25, 0.3) is 0 Å². The molecule has 0 bridgehead atoms. The first-order valence-electron chi connectivity index (χ1n) is 6.91. The van der Waals surface area contributed by atoms with E-state index in [-0.39, 0.29) is 30.6 Å². The summed E-state index contributed by atoms with van der Waals surface area (Å²) < 4.78 is 5.56. The number of benzene rings is 1. The van der Waals surface area contributed by atoms with Crippen molar-refractivity contribution in [2.45, 2.75) is 32.0 Å². The maximum absolute atomic E-state index is 12.6. The molecule has 5 nitrogen and oxygen atoms in total. The van der Waals surface area contributed by atoms with E-state index in [1.54, 1.807) is 11.0 Å². The van der Waals surface area contributed by atoms with Crippen molar-refractivity contribution in [2.24, 2.45) is 0 Å². The summed E-state index contributed by atoms with van der Waals surface area (Å²) in [6.07, 6.45) is -0.353. The number of aliphatic hydroxyl groups excluding tert-OH is 1.